The highest BCUT2D eigenvalue weighted by Gasteiger charge is 2.46. The number of carbonyl (C=O) groups is 1. The van der Waals surface area contributed by atoms with Gasteiger partial charge in [0.25, 0.3) is 5.91 Å². The van der Waals surface area contributed by atoms with Crippen LogP contribution in [-0.4, -0.2) is 40.0 Å². The Morgan fingerprint density at radius 1 is 1.13 bits per heavy atom. The summed E-state index contributed by atoms with van der Waals surface area (Å²) in [5.41, 5.74) is 6.82. The maximum absolute atomic E-state index is 13.3. The molecular formula is C24H32N4O2. The molecule has 30 heavy (non-hydrogen) atoms. The fourth-order valence-electron chi connectivity index (χ4n) is 4.93. The minimum absolute atomic E-state index is 0.0189. The Morgan fingerprint density at radius 2 is 1.83 bits per heavy atom. The number of carbonyl (C=O) groups excluding carboxylic acids is 1. The van der Waals surface area contributed by atoms with Crippen molar-refractivity contribution >= 4 is 11.6 Å². The van der Waals surface area contributed by atoms with Gasteiger partial charge in [-0.15, -0.1) is 0 Å². The van der Waals surface area contributed by atoms with Crippen molar-refractivity contribution in [3.63, 3.8) is 0 Å². The van der Waals surface area contributed by atoms with Crippen LogP contribution in [0.3, 0.4) is 0 Å². The summed E-state index contributed by atoms with van der Waals surface area (Å²) in [6.07, 6.45) is 7.40. The molecule has 1 aliphatic carbocycles. The second-order valence-electron chi connectivity index (χ2n) is 8.72. The highest BCUT2D eigenvalue weighted by molar-refractivity contribution is 5.87. The van der Waals surface area contributed by atoms with E-state index in [0.717, 1.165) is 69.5 Å². The van der Waals surface area contributed by atoms with Crippen LogP contribution in [0.5, 0.6) is 0 Å². The molecule has 1 unspecified atom stereocenters. The van der Waals surface area contributed by atoms with Crippen molar-refractivity contribution in [2.75, 3.05) is 18.8 Å². The van der Waals surface area contributed by atoms with Gasteiger partial charge in [0.15, 0.2) is 5.60 Å². The second-order valence-corrected chi connectivity index (χ2v) is 8.72. The predicted molar refractivity (Wildman–Crippen MR) is 117 cm³/mol. The van der Waals surface area contributed by atoms with Crippen LogP contribution < -0.4 is 11.1 Å². The molecule has 4 N–H and O–H groups in total. The molecule has 2 fully saturated rings. The molecule has 0 spiro atoms. The van der Waals surface area contributed by atoms with Gasteiger partial charge in [-0.2, -0.15) is 0 Å². The molecule has 1 aliphatic heterocycles. The Hall–Kier alpha value is -2.44. The fourth-order valence-corrected chi connectivity index (χ4v) is 4.93. The number of aromatic nitrogens is 1. The van der Waals surface area contributed by atoms with E-state index >= 15 is 0 Å². The number of amides is 1. The van der Waals surface area contributed by atoms with Crippen molar-refractivity contribution in [2.45, 2.75) is 56.7 Å². The van der Waals surface area contributed by atoms with Crippen LogP contribution in [0.4, 0.5) is 5.69 Å². The molecule has 1 saturated carbocycles. The fraction of sp³-hybridized carbons (Fsp3) is 0.500. The Balaban J connectivity index is 1.38. The zero-order valence-corrected chi connectivity index (χ0v) is 17.5. The summed E-state index contributed by atoms with van der Waals surface area (Å²) in [4.78, 5) is 20.1. The third-order valence-electron chi connectivity index (χ3n) is 6.66. The molecule has 0 radical (unpaired) electrons. The molecule has 1 saturated heterocycles. The van der Waals surface area contributed by atoms with E-state index < -0.39 is 5.60 Å². The van der Waals surface area contributed by atoms with Crippen molar-refractivity contribution in [3.8, 4) is 0 Å². The molecule has 1 atom stereocenters. The van der Waals surface area contributed by atoms with Crippen molar-refractivity contribution in [2.24, 2.45) is 5.92 Å². The van der Waals surface area contributed by atoms with E-state index in [-0.39, 0.29) is 17.9 Å². The summed E-state index contributed by atoms with van der Waals surface area (Å²) >= 11 is 0. The number of benzene rings is 1. The number of hydrogen-bond donors (Lipinski definition) is 3. The van der Waals surface area contributed by atoms with Crippen LogP contribution in [0.2, 0.25) is 0 Å². The van der Waals surface area contributed by atoms with Gasteiger partial charge >= 0.3 is 0 Å². The molecule has 6 nitrogen and oxygen atoms in total. The second kappa shape index (κ2) is 9.14. The standard InChI is InChI=1S/C24H32N4O2/c25-20-10-13-26-22(16-20)17-28-14-11-21(12-15-28)27-23(29)24(30,19-8-4-5-9-19)18-6-2-1-3-7-18/h1-3,6-7,10,13,16,19,21,30H,4-5,8-9,11-12,14-15,17H2,(H2,25,26)(H,27,29). The van der Waals surface area contributed by atoms with E-state index in [0.29, 0.717) is 5.56 Å². The normalized spacial score (nSPS) is 20.7. The monoisotopic (exact) mass is 408 g/mol. The molecule has 160 valence electrons. The first-order chi connectivity index (χ1) is 14.6. The maximum Gasteiger partial charge on any atom is 0.257 e. The first kappa shape index (κ1) is 20.8. The number of piperidine rings is 1. The molecule has 4 rings (SSSR count). The molecule has 2 heterocycles. The lowest BCUT2D eigenvalue weighted by Crippen LogP contribution is -2.54. The number of nitrogens with one attached hydrogen (secondary N) is 1. The Kier molecular flexibility index (Phi) is 6.35. The number of nitrogens with two attached hydrogens (primary N) is 1. The van der Waals surface area contributed by atoms with Crippen molar-refractivity contribution in [1.29, 1.82) is 0 Å². The summed E-state index contributed by atoms with van der Waals surface area (Å²) in [5, 5.41) is 14.8. The average molecular weight is 409 g/mol. The summed E-state index contributed by atoms with van der Waals surface area (Å²) < 4.78 is 0. The van der Waals surface area contributed by atoms with E-state index in [1.54, 1.807) is 12.3 Å². The SMILES string of the molecule is Nc1ccnc(CN2CCC(NC(=O)C(O)(c3ccccc3)C3CCCC3)CC2)c1. The molecule has 1 aromatic heterocycles. The van der Waals surface area contributed by atoms with Crippen molar-refractivity contribution < 1.29 is 9.90 Å². The van der Waals surface area contributed by atoms with Gasteiger partial charge in [0.2, 0.25) is 0 Å². The van der Waals surface area contributed by atoms with Crippen molar-refractivity contribution in [3.05, 3.63) is 59.9 Å². The van der Waals surface area contributed by atoms with E-state index in [4.69, 9.17) is 5.73 Å². The zero-order valence-electron chi connectivity index (χ0n) is 17.5. The first-order valence-corrected chi connectivity index (χ1v) is 11.1. The number of likely N-dealkylation sites (tertiary alicyclic amines) is 1. The molecule has 6 heteroatoms. The number of hydrogen-bond acceptors (Lipinski definition) is 5. The van der Waals surface area contributed by atoms with Crippen LogP contribution in [0.25, 0.3) is 0 Å². The molecule has 2 aromatic rings. The van der Waals surface area contributed by atoms with Crippen LogP contribution in [0.15, 0.2) is 48.7 Å². The van der Waals surface area contributed by atoms with Gasteiger partial charge in [0, 0.05) is 43.5 Å². The summed E-state index contributed by atoms with van der Waals surface area (Å²) in [5.74, 6) is -0.258. The number of pyridine rings is 1. The number of anilines is 1. The molecule has 1 amide bonds. The van der Waals surface area contributed by atoms with Gasteiger partial charge in [0.05, 0.1) is 5.69 Å². The van der Waals surface area contributed by atoms with Gasteiger partial charge in [-0.3, -0.25) is 14.7 Å². The Bertz CT molecular complexity index is 845. The quantitative estimate of drug-likeness (QED) is 0.684. The minimum atomic E-state index is -1.44. The van der Waals surface area contributed by atoms with Crippen LogP contribution in [-0.2, 0) is 16.9 Å². The molecule has 0 bridgehead atoms. The van der Waals surface area contributed by atoms with Crippen LogP contribution in [0.1, 0.15) is 49.8 Å². The largest absolute Gasteiger partial charge is 0.399 e. The average Bonchev–Trinajstić information content (AvgIpc) is 3.31. The van der Waals surface area contributed by atoms with Crippen LogP contribution in [0, 0.1) is 5.92 Å². The van der Waals surface area contributed by atoms with Gasteiger partial charge in [0.1, 0.15) is 0 Å². The Morgan fingerprint density at radius 3 is 2.50 bits per heavy atom. The highest BCUT2D eigenvalue weighted by atomic mass is 16.3. The summed E-state index contributed by atoms with van der Waals surface area (Å²) in [6, 6.07) is 13.2. The third kappa shape index (κ3) is 4.50. The number of aliphatic hydroxyl groups is 1. The van der Waals surface area contributed by atoms with E-state index in [1.807, 2.05) is 36.4 Å². The van der Waals surface area contributed by atoms with Gasteiger partial charge in [-0.1, -0.05) is 43.2 Å². The topological polar surface area (TPSA) is 91.5 Å². The van der Waals surface area contributed by atoms with E-state index in [2.05, 4.69) is 15.2 Å². The maximum atomic E-state index is 13.3. The lowest BCUT2D eigenvalue weighted by atomic mass is 9.79. The number of nitrogen functional groups attached to an aromatic ring is 1. The molecule has 1 aromatic carbocycles. The molecular weight excluding hydrogens is 376 g/mol. The summed E-state index contributed by atoms with van der Waals surface area (Å²) in [6.45, 7) is 2.53. The van der Waals surface area contributed by atoms with Gasteiger partial charge in [-0.25, -0.2) is 0 Å². The minimum Gasteiger partial charge on any atom is -0.399 e. The summed E-state index contributed by atoms with van der Waals surface area (Å²) in [7, 11) is 0. The number of nitrogens with zero attached hydrogens (tertiary/aromatic N) is 2. The first-order valence-electron chi connectivity index (χ1n) is 11.1. The van der Waals surface area contributed by atoms with Gasteiger partial charge < -0.3 is 16.2 Å². The zero-order chi connectivity index (χ0) is 21.0. The lowest BCUT2D eigenvalue weighted by molar-refractivity contribution is -0.148. The van der Waals surface area contributed by atoms with E-state index in [9.17, 15) is 9.90 Å². The third-order valence-corrected chi connectivity index (χ3v) is 6.66. The Labute approximate surface area is 178 Å². The highest BCUT2D eigenvalue weighted by Crippen LogP contribution is 2.41. The predicted octanol–water partition coefficient (Wildman–Crippen LogP) is 2.82. The van der Waals surface area contributed by atoms with Crippen LogP contribution >= 0.6 is 0 Å². The number of rotatable bonds is 6. The molecule has 2 aliphatic rings. The van der Waals surface area contributed by atoms with Gasteiger partial charge in [-0.05, 0) is 43.4 Å². The van der Waals surface area contributed by atoms with Crippen molar-refractivity contribution in [1.82, 2.24) is 15.2 Å². The smallest absolute Gasteiger partial charge is 0.257 e. The van der Waals surface area contributed by atoms with E-state index in [1.165, 1.54) is 0 Å². The lowest BCUT2D eigenvalue weighted by Gasteiger charge is -2.37.